The Balaban J connectivity index is 2.36. The summed E-state index contributed by atoms with van der Waals surface area (Å²) in [5.74, 6) is 21.2. The van der Waals surface area contributed by atoms with Gasteiger partial charge in [0.15, 0.2) is 5.41 Å². The Morgan fingerprint density at radius 1 is 0.649 bits per heavy atom. The van der Waals surface area contributed by atoms with E-state index in [1.54, 1.807) is 27.7 Å². The number of hydrogen-bond donors (Lipinski definition) is 0. The summed E-state index contributed by atoms with van der Waals surface area (Å²) in [4.78, 5) is 26.4. The Morgan fingerprint density at radius 2 is 1.00 bits per heavy atom. The van der Waals surface area contributed by atoms with E-state index in [4.69, 9.17) is 9.47 Å². The Hall–Kier alpha value is -4.38. The van der Waals surface area contributed by atoms with Crippen molar-refractivity contribution < 1.29 is 19.1 Å². The van der Waals surface area contributed by atoms with E-state index in [1.165, 1.54) is 0 Å². The highest BCUT2D eigenvalue weighted by Gasteiger charge is 2.49. The van der Waals surface area contributed by atoms with Gasteiger partial charge < -0.3 is 9.47 Å². The van der Waals surface area contributed by atoms with E-state index in [0.29, 0.717) is 0 Å². The second-order valence-corrected chi connectivity index (χ2v) is 9.18. The molecule has 0 unspecified atom stereocenters. The van der Waals surface area contributed by atoms with Crippen LogP contribution in [0.1, 0.15) is 62.8 Å². The van der Waals surface area contributed by atoms with Crippen molar-refractivity contribution in [2.75, 3.05) is 0 Å². The van der Waals surface area contributed by atoms with Gasteiger partial charge in [-0.1, -0.05) is 59.1 Å². The average Bonchev–Trinajstić information content (AvgIpc) is 2.83. The van der Waals surface area contributed by atoms with Crippen LogP contribution in [0.3, 0.4) is 0 Å². The van der Waals surface area contributed by atoms with E-state index >= 15 is 0 Å². The molecule has 0 aliphatic heterocycles. The molecule has 0 aliphatic carbocycles. The van der Waals surface area contributed by atoms with Gasteiger partial charge in [0, 0.05) is 24.0 Å². The molecule has 0 N–H and O–H groups in total. The lowest BCUT2D eigenvalue weighted by Crippen LogP contribution is -2.43. The van der Waals surface area contributed by atoms with Crippen molar-refractivity contribution in [3.8, 4) is 47.4 Å². The third-order valence-corrected chi connectivity index (χ3v) is 5.07. The van der Waals surface area contributed by atoms with Crippen LogP contribution in [0.5, 0.6) is 0 Å². The van der Waals surface area contributed by atoms with Gasteiger partial charge in [0.1, 0.15) is 0 Å². The minimum absolute atomic E-state index is 0.146. The van der Waals surface area contributed by atoms with Crippen molar-refractivity contribution in [3.05, 3.63) is 70.8 Å². The van der Waals surface area contributed by atoms with Crippen LogP contribution in [0, 0.1) is 66.6 Å². The van der Waals surface area contributed by atoms with Crippen LogP contribution < -0.4 is 0 Å². The van der Waals surface area contributed by atoms with Crippen molar-refractivity contribution in [3.63, 3.8) is 0 Å². The van der Waals surface area contributed by atoms with E-state index in [0.717, 1.165) is 22.3 Å². The fourth-order valence-corrected chi connectivity index (χ4v) is 3.05. The monoisotopic (exact) mass is 492 g/mol. The van der Waals surface area contributed by atoms with Crippen molar-refractivity contribution in [2.45, 2.75) is 66.6 Å². The number of rotatable bonds is 6. The van der Waals surface area contributed by atoms with Crippen LogP contribution in [0.25, 0.3) is 0 Å². The molecule has 0 bridgehead atoms. The standard InChI is InChI=1S/C33H32O4/c1-25(2)36-31(34)33(32(35)37-26(3)4,23-11-7-9-13-29-19-15-27(5)16-20-29)24-12-8-10-14-30-21-17-28(6)18-22-30/h15-22,25-26H,23-24H2,1-6H3. The summed E-state index contributed by atoms with van der Waals surface area (Å²) < 4.78 is 10.9. The van der Waals surface area contributed by atoms with Crippen molar-refractivity contribution in [1.82, 2.24) is 0 Å². The molecule has 0 aromatic heterocycles. The lowest BCUT2D eigenvalue weighted by atomic mass is 9.81. The molecule has 0 aliphatic rings. The average molecular weight is 493 g/mol. The van der Waals surface area contributed by atoms with Gasteiger partial charge >= 0.3 is 11.9 Å². The summed E-state index contributed by atoms with van der Waals surface area (Å²) in [6.45, 7) is 10.9. The summed E-state index contributed by atoms with van der Waals surface area (Å²) >= 11 is 0. The number of carbonyl (C=O) groups is 2. The highest BCUT2D eigenvalue weighted by molar-refractivity contribution is 6.01. The molecule has 0 spiro atoms. The Bertz CT molecular complexity index is 1220. The topological polar surface area (TPSA) is 52.6 Å². The minimum atomic E-state index is -1.72. The summed E-state index contributed by atoms with van der Waals surface area (Å²) in [7, 11) is 0. The van der Waals surface area contributed by atoms with Gasteiger partial charge in [-0.3, -0.25) is 9.59 Å². The fraction of sp³-hybridized carbons (Fsp3) is 0.333. The molecule has 0 radical (unpaired) electrons. The molecule has 188 valence electrons. The van der Waals surface area contributed by atoms with Gasteiger partial charge in [-0.25, -0.2) is 0 Å². The van der Waals surface area contributed by atoms with Crippen LogP contribution >= 0.6 is 0 Å². The zero-order valence-electron chi connectivity index (χ0n) is 22.3. The number of esters is 2. The van der Waals surface area contributed by atoms with Crippen molar-refractivity contribution >= 4 is 11.9 Å². The van der Waals surface area contributed by atoms with Gasteiger partial charge in [-0.2, -0.15) is 0 Å². The maximum Gasteiger partial charge on any atom is 0.325 e. The molecule has 0 fully saturated rings. The van der Waals surface area contributed by atoms with Crippen LogP contribution in [0.4, 0.5) is 0 Å². The maximum absolute atomic E-state index is 13.2. The minimum Gasteiger partial charge on any atom is -0.462 e. The lowest BCUT2D eigenvalue weighted by molar-refractivity contribution is -0.176. The van der Waals surface area contributed by atoms with Gasteiger partial charge in [-0.05, 0) is 89.5 Å². The zero-order valence-corrected chi connectivity index (χ0v) is 22.3. The van der Waals surface area contributed by atoms with Gasteiger partial charge in [0.25, 0.3) is 0 Å². The third kappa shape index (κ3) is 9.65. The smallest absolute Gasteiger partial charge is 0.325 e. The lowest BCUT2D eigenvalue weighted by Gasteiger charge is -2.27. The van der Waals surface area contributed by atoms with Gasteiger partial charge in [-0.15, -0.1) is 0 Å². The maximum atomic E-state index is 13.2. The first-order chi connectivity index (χ1) is 17.6. The molecular weight excluding hydrogens is 460 g/mol. The molecule has 0 atom stereocenters. The predicted molar refractivity (Wildman–Crippen MR) is 146 cm³/mol. The van der Waals surface area contributed by atoms with E-state index in [-0.39, 0.29) is 12.8 Å². The summed E-state index contributed by atoms with van der Waals surface area (Å²) in [5.41, 5.74) is 2.20. The largest absolute Gasteiger partial charge is 0.462 e. The van der Waals surface area contributed by atoms with Crippen LogP contribution in [-0.4, -0.2) is 24.1 Å². The molecule has 0 saturated heterocycles. The molecular formula is C33H32O4. The molecule has 2 aromatic rings. The Morgan fingerprint density at radius 3 is 1.32 bits per heavy atom. The SMILES string of the molecule is Cc1ccc(C#CC#CCC(CC#CC#Cc2ccc(C)cc2)(C(=O)OC(C)C)C(=O)OC(C)C)cc1. The highest BCUT2D eigenvalue weighted by Crippen LogP contribution is 2.31. The van der Waals surface area contributed by atoms with E-state index in [2.05, 4.69) is 47.4 Å². The zero-order chi connectivity index (χ0) is 27.3. The molecule has 2 aromatic carbocycles. The fourth-order valence-electron chi connectivity index (χ4n) is 3.05. The number of carbonyl (C=O) groups excluding carboxylic acids is 2. The second-order valence-electron chi connectivity index (χ2n) is 9.18. The van der Waals surface area contributed by atoms with E-state index in [1.807, 2.05) is 62.4 Å². The first-order valence-corrected chi connectivity index (χ1v) is 12.2. The van der Waals surface area contributed by atoms with Crippen molar-refractivity contribution in [1.29, 1.82) is 0 Å². The number of ether oxygens (including phenoxy) is 2. The van der Waals surface area contributed by atoms with Crippen LogP contribution in [-0.2, 0) is 19.1 Å². The van der Waals surface area contributed by atoms with Gasteiger partial charge in [0.05, 0.1) is 12.2 Å². The molecule has 0 amide bonds. The summed E-state index contributed by atoms with van der Waals surface area (Å²) in [6, 6.07) is 15.5. The van der Waals surface area contributed by atoms with Crippen LogP contribution in [0.2, 0.25) is 0 Å². The van der Waals surface area contributed by atoms with Crippen molar-refractivity contribution in [2.24, 2.45) is 5.41 Å². The molecule has 4 heteroatoms. The first-order valence-electron chi connectivity index (χ1n) is 12.2. The molecule has 0 heterocycles. The number of aryl methyl sites for hydroxylation is 2. The number of hydrogen-bond acceptors (Lipinski definition) is 4. The third-order valence-electron chi connectivity index (χ3n) is 5.07. The Kier molecular flexibility index (Phi) is 11.1. The molecule has 0 saturated carbocycles. The second kappa shape index (κ2) is 14.2. The van der Waals surface area contributed by atoms with E-state index < -0.39 is 29.6 Å². The summed E-state index contributed by atoms with van der Waals surface area (Å²) in [6.07, 6.45) is -1.15. The molecule has 4 nitrogen and oxygen atoms in total. The number of benzene rings is 2. The highest BCUT2D eigenvalue weighted by atomic mass is 16.6. The molecule has 2 rings (SSSR count). The Labute approximate surface area is 221 Å². The summed E-state index contributed by atoms with van der Waals surface area (Å²) in [5, 5.41) is 0. The van der Waals surface area contributed by atoms with E-state index in [9.17, 15) is 9.59 Å². The predicted octanol–water partition coefficient (Wildman–Crippen LogP) is 5.38. The van der Waals surface area contributed by atoms with Gasteiger partial charge in [0.2, 0.25) is 0 Å². The van der Waals surface area contributed by atoms with Crippen LogP contribution in [0.15, 0.2) is 48.5 Å². The first kappa shape index (κ1) is 28.9. The normalized spacial score (nSPS) is 9.95. The molecule has 37 heavy (non-hydrogen) atoms. The quantitative estimate of drug-likeness (QED) is 0.309.